The number of nitrogens with zero attached hydrogens (tertiary/aromatic N) is 1. The zero-order chi connectivity index (χ0) is 22.9. The van der Waals surface area contributed by atoms with Crippen LogP contribution in [0.2, 0.25) is 0 Å². The first kappa shape index (κ1) is 22.6. The third kappa shape index (κ3) is 6.43. The van der Waals surface area contributed by atoms with Crippen molar-refractivity contribution < 1.29 is 19.1 Å². The first-order chi connectivity index (χ1) is 15.4. The molecule has 2 N–H and O–H groups in total. The minimum absolute atomic E-state index is 0.413. The number of nitrogens with one attached hydrogen (secondary N) is 2. The van der Waals surface area contributed by atoms with Crippen LogP contribution in [0.15, 0.2) is 71.8 Å². The number of amides is 2. The quantitative estimate of drug-likeness (QED) is 0.336. The molecule has 0 spiro atoms. The van der Waals surface area contributed by atoms with Crippen molar-refractivity contribution in [3.63, 3.8) is 0 Å². The van der Waals surface area contributed by atoms with E-state index < -0.39 is 11.8 Å². The van der Waals surface area contributed by atoms with Crippen LogP contribution in [0.5, 0.6) is 11.5 Å². The first-order valence-electron chi connectivity index (χ1n) is 10.0. The van der Waals surface area contributed by atoms with Gasteiger partial charge in [0.15, 0.2) is 11.5 Å². The van der Waals surface area contributed by atoms with E-state index in [0.717, 1.165) is 16.7 Å². The summed E-state index contributed by atoms with van der Waals surface area (Å²) in [5.41, 5.74) is 6.48. The Balaban J connectivity index is 1.57. The van der Waals surface area contributed by atoms with Gasteiger partial charge in [-0.25, -0.2) is 5.43 Å². The molecule has 7 heteroatoms. The molecule has 0 heterocycles. The van der Waals surface area contributed by atoms with Crippen molar-refractivity contribution in [1.29, 1.82) is 0 Å². The molecule has 0 aromatic heterocycles. The molecule has 7 nitrogen and oxygen atoms in total. The molecule has 0 saturated heterocycles. The van der Waals surface area contributed by atoms with Gasteiger partial charge in [-0.15, -0.1) is 0 Å². The highest BCUT2D eigenvalue weighted by Gasteiger charge is 2.13. The third-order valence-electron chi connectivity index (χ3n) is 4.49. The number of aryl methyl sites for hydroxylation is 2. The lowest BCUT2D eigenvalue weighted by Gasteiger charge is -2.11. The monoisotopic (exact) mass is 431 g/mol. The number of carbonyl (C=O) groups excluding carboxylic acids is 2. The van der Waals surface area contributed by atoms with Crippen LogP contribution in [-0.2, 0) is 16.2 Å². The van der Waals surface area contributed by atoms with Crippen molar-refractivity contribution in [2.75, 3.05) is 12.4 Å². The number of hydrogen-bond donors (Lipinski definition) is 2. The Morgan fingerprint density at radius 1 is 0.906 bits per heavy atom. The maximum atomic E-state index is 12.1. The lowest BCUT2D eigenvalue weighted by atomic mass is 10.1. The van der Waals surface area contributed by atoms with Crippen molar-refractivity contribution >= 4 is 23.7 Å². The fraction of sp³-hybridized carbons (Fsp3) is 0.160. The van der Waals surface area contributed by atoms with Gasteiger partial charge in [0.25, 0.3) is 0 Å². The maximum Gasteiger partial charge on any atom is 0.329 e. The first-order valence-corrected chi connectivity index (χ1v) is 10.0. The largest absolute Gasteiger partial charge is 0.493 e. The van der Waals surface area contributed by atoms with Crippen LogP contribution in [0.25, 0.3) is 0 Å². The maximum absolute atomic E-state index is 12.1. The Bertz CT molecular complexity index is 1110. The van der Waals surface area contributed by atoms with E-state index in [9.17, 15) is 9.59 Å². The zero-order valence-electron chi connectivity index (χ0n) is 18.2. The van der Waals surface area contributed by atoms with Gasteiger partial charge in [-0.3, -0.25) is 9.59 Å². The normalized spacial score (nSPS) is 10.6. The Morgan fingerprint density at radius 2 is 1.62 bits per heavy atom. The highest BCUT2D eigenvalue weighted by atomic mass is 16.5. The van der Waals surface area contributed by atoms with Crippen LogP contribution in [0.4, 0.5) is 5.69 Å². The molecule has 0 fully saturated rings. The summed E-state index contributed by atoms with van der Waals surface area (Å²) in [5.74, 6) is -0.543. The van der Waals surface area contributed by atoms with Gasteiger partial charge in [-0.2, -0.15) is 5.10 Å². The average Bonchev–Trinajstić information content (AvgIpc) is 2.78. The second-order valence-corrected chi connectivity index (χ2v) is 7.21. The molecule has 3 rings (SSSR count). The van der Waals surface area contributed by atoms with E-state index in [-0.39, 0.29) is 0 Å². The summed E-state index contributed by atoms with van der Waals surface area (Å²) in [5, 5.41) is 6.42. The van der Waals surface area contributed by atoms with Crippen LogP contribution in [0, 0.1) is 13.8 Å². The second kappa shape index (κ2) is 10.8. The molecule has 0 saturated carbocycles. The van der Waals surface area contributed by atoms with Gasteiger partial charge in [0.2, 0.25) is 0 Å². The summed E-state index contributed by atoms with van der Waals surface area (Å²) in [6, 6.07) is 20.6. The number of hydrazone groups is 1. The van der Waals surface area contributed by atoms with Crippen molar-refractivity contribution in [2.24, 2.45) is 5.10 Å². The van der Waals surface area contributed by atoms with Crippen LogP contribution in [0.3, 0.4) is 0 Å². The molecule has 0 radical (unpaired) electrons. The van der Waals surface area contributed by atoms with Gasteiger partial charge >= 0.3 is 11.8 Å². The van der Waals surface area contributed by atoms with Gasteiger partial charge < -0.3 is 14.8 Å². The molecule has 3 aromatic carbocycles. The SMILES string of the molecule is COc1cc(/C=N\NC(=O)C(=O)Nc2cc(C)cc(C)c2)ccc1OCc1ccccc1. The summed E-state index contributed by atoms with van der Waals surface area (Å²) >= 11 is 0. The van der Waals surface area contributed by atoms with Gasteiger partial charge in [-0.1, -0.05) is 36.4 Å². The van der Waals surface area contributed by atoms with Gasteiger partial charge in [0, 0.05) is 5.69 Å². The fourth-order valence-corrected chi connectivity index (χ4v) is 3.07. The zero-order valence-corrected chi connectivity index (χ0v) is 18.2. The lowest BCUT2D eigenvalue weighted by molar-refractivity contribution is -0.136. The van der Waals surface area contributed by atoms with E-state index >= 15 is 0 Å². The lowest BCUT2D eigenvalue weighted by Crippen LogP contribution is -2.32. The number of benzene rings is 3. The molecular formula is C25H25N3O4. The molecule has 164 valence electrons. The number of rotatable bonds is 7. The molecule has 0 bridgehead atoms. The van der Waals surface area contributed by atoms with Gasteiger partial charge in [0.1, 0.15) is 6.61 Å². The van der Waals surface area contributed by atoms with Crippen molar-refractivity contribution in [2.45, 2.75) is 20.5 Å². The summed E-state index contributed by atoms with van der Waals surface area (Å²) < 4.78 is 11.2. The molecule has 0 aliphatic rings. The molecule has 32 heavy (non-hydrogen) atoms. The minimum Gasteiger partial charge on any atom is -0.493 e. The molecule has 2 amide bonds. The van der Waals surface area contributed by atoms with Gasteiger partial charge in [0.05, 0.1) is 13.3 Å². The topological polar surface area (TPSA) is 89.0 Å². The van der Waals surface area contributed by atoms with Crippen molar-refractivity contribution in [3.8, 4) is 11.5 Å². The van der Waals surface area contributed by atoms with E-state index in [0.29, 0.717) is 29.4 Å². The highest BCUT2D eigenvalue weighted by Crippen LogP contribution is 2.28. The standard InChI is InChI=1S/C25H25N3O4/c1-17-11-18(2)13-21(12-17)27-24(29)25(30)28-26-15-20-9-10-22(23(14-20)31-3)32-16-19-7-5-4-6-8-19/h4-15H,16H2,1-3H3,(H,27,29)(H,28,30)/b26-15-. The predicted octanol–water partition coefficient (Wildman–Crippen LogP) is 3.98. The fourth-order valence-electron chi connectivity index (χ4n) is 3.07. The van der Waals surface area contributed by atoms with E-state index in [2.05, 4.69) is 15.8 Å². The number of carbonyl (C=O) groups is 2. The second-order valence-electron chi connectivity index (χ2n) is 7.21. The summed E-state index contributed by atoms with van der Waals surface area (Å²) in [6.45, 7) is 4.24. The average molecular weight is 431 g/mol. The summed E-state index contributed by atoms with van der Waals surface area (Å²) in [4.78, 5) is 24.1. The molecule has 3 aromatic rings. The van der Waals surface area contributed by atoms with Crippen LogP contribution in [0.1, 0.15) is 22.3 Å². The number of anilines is 1. The molecule has 0 unspecified atom stereocenters. The number of hydrogen-bond acceptors (Lipinski definition) is 5. The van der Waals surface area contributed by atoms with Crippen molar-refractivity contribution in [1.82, 2.24) is 5.43 Å². The van der Waals surface area contributed by atoms with Gasteiger partial charge in [-0.05, 0) is 66.4 Å². The molecule has 0 aliphatic heterocycles. The Morgan fingerprint density at radius 3 is 2.31 bits per heavy atom. The van der Waals surface area contributed by atoms with Crippen LogP contribution >= 0.6 is 0 Å². The highest BCUT2D eigenvalue weighted by molar-refractivity contribution is 6.39. The van der Waals surface area contributed by atoms with E-state index in [1.54, 1.807) is 37.4 Å². The minimum atomic E-state index is -0.866. The smallest absolute Gasteiger partial charge is 0.329 e. The molecule has 0 atom stereocenters. The Hall–Kier alpha value is -4.13. The summed E-state index contributed by atoms with van der Waals surface area (Å²) in [6.07, 6.45) is 1.42. The van der Waals surface area contributed by atoms with Crippen LogP contribution in [-0.4, -0.2) is 25.1 Å². The molecular weight excluding hydrogens is 406 g/mol. The van der Waals surface area contributed by atoms with Crippen LogP contribution < -0.4 is 20.2 Å². The third-order valence-corrected chi connectivity index (χ3v) is 4.49. The van der Waals surface area contributed by atoms with E-state index in [1.165, 1.54) is 6.21 Å². The Labute approximate surface area is 187 Å². The molecule has 0 aliphatic carbocycles. The van der Waals surface area contributed by atoms with E-state index in [4.69, 9.17) is 9.47 Å². The van der Waals surface area contributed by atoms with E-state index in [1.807, 2.05) is 50.2 Å². The predicted molar refractivity (Wildman–Crippen MR) is 124 cm³/mol. The summed E-state index contributed by atoms with van der Waals surface area (Å²) in [7, 11) is 1.55. The number of ether oxygens (including phenoxy) is 2. The van der Waals surface area contributed by atoms with Crippen molar-refractivity contribution in [3.05, 3.63) is 89.0 Å². The number of methoxy groups -OCH3 is 1. The Kier molecular flexibility index (Phi) is 7.59.